The smallest absolute Gasteiger partial charge is 0.408 e. The molecule has 0 fully saturated rings. The first-order chi connectivity index (χ1) is 16.8. The molecule has 0 aromatic heterocycles. The van der Waals surface area contributed by atoms with Gasteiger partial charge in [-0.15, -0.1) is 0 Å². The van der Waals surface area contributed by atoms with E-state index in [0.717, 1.165) is 5.56 Å². The maximum absolute atomic E-state index is 13.3. The number of nitrogens with one attached hydrogen (secondary N) is 3. The largest absolute Gasteiger partial charge is 0.467 e. The van der Waals surface area contributed by atoms with Crippen LogP contribution >= 0.6 is 0 Å². The zero-order valence-corrected chi connectivity index (χ0v) is 22.8. The molecular weight excluding hydrogens is 462 g/mol. The van der Waals surface area contributed by atoms with Crippen LogP contribution in [0.2, 0.25) is 0 Å². The van der Waals surface area contributed by atoms with Crippen LogP contribution in [0.25, 0.3) is 0 Å². The maximum Gasteiger partial charge on any atom is 0.408 e. The molecule has 36 heavy (non-hydrogen) atoms. The second-order valence-corrected chi connectivity index (χ2v) is 10.5. The van der Waals surface area contributed by atoms with Crippen molar-refractivity contribution in [3.63, 3.8) is 0 Å². The number of amides is 3. The van der Waals surface area contributed by atoms with Crippen LogP contribution in [-0.4, -0.2) is 54.7 Å². The minimum absolute atomic E-state index is 0.0983. The summed E-state index contributed by atoms with van der Waals surface area (Å²) in [5.41, 5.74) is 0.139. The second-order valence-electron chi connectivity index (χ2n) is 10.5. The van der Waals surface area contributed by atoms with E-state index in [4.69, 9.17) is 9.47 Å². The fourth-order valence-electron chi connectivity index (χ4n) is 3.56. The van der Waals surface area contributed by atoms with Crippen molar-refractivity contribution in [2.24, 2.45) is 11.8 Å². The van der Waals surface area contributed by atoms with Crippen molar-refractivity contribution < 1.29 is 28.7 Å². The highest BCUT2D eigenvalue weighted by atomic mass is 16.6. The summed E-state index contributed by atoms with van der Waals surface area (Å²) in [7, 11) is 1.26. The van der Waals surface area contributed by atoms with Gasteiger partial charge < -0.3 is 25.4 Å². The molecule has 0 radical (unpaired) electrons. The molecule has 0 aliphatic carbocycles. The number of methoxy groups -OCH3 is 1. The monoisotopic (exact) mass is 505 g/mol. The van der Waals surface area contributed by atoms with Crippen LogP contribution in [0.15, 0.2) is 30.3 Å². The van der Waals surface area contributed by atoms with Gasteiger partial charge in [0.15, 0.2) is 0 Å². The van der Waals surface area contributed by atoms with Crippen LogP contribution in [0, 0.1) is 11.8 Å². The lowest BCUT2D eigenvalue weighted by Crippen LogP contribution is -2.58. The van der Waals surface area contributed by atoms with Gasteiger partial charge in [0.25, 0.3) is 0 Å². The molecule has 1 unspecified atom stereocenters. The quantitative estimate of drug-likeness (QED) is 0.375. The van der Waals surface area contributed by atoms with Gasteiger partial charge in [0.05, 0.1) is 7.11 Å². The van der Waals surface area contributed by atoms with E-state index in [0.29, 0.717) is 12.8 Å². The normalized spacial score (nSPS) is 14.7. The Labute approximate surface area is 215 Å². The van der Waals surface area contributed by atoms with Gasteiger partial charge in [0.1, 0.15) is 23.7 Å². The molecule has 1 aromatic carbocycles. The summed E-state index contributed by atoms with van der Waals surface area (Å²) in [6.45, 7) is 12.8. The van der Waals surface area contributed by atoms with Crippen LogP contribution in [0.3, 0.4) is 0 Å². The molecule has 0 saturated carbocycles. The summed E-state index contributed by atoms with van der Waals surface area (Å²) in [4.78, 5) is 51.3. The molecule has 0 saturated heterocycles. The number of benzene rings is 1. The number of esters is 1. The summed E-state index contributed by atoms with van der Waals surface area (Å²) in [5.74, 6) is -1.70. The average Bonchev–Trinajstić information content (AvgIpc) is 2.79. The molecule has 0 spiro atoms. The number of carbonyl (C=O) groups is 4. The van der Waals surface area contributed by atoms with E-state index in [1.807, 2.05) is 58.0 Å². The fourth-order valence-corrected chi connectivity index (χ4v) is 3.56. The topological polar surface area (TPSA) is 123 Å². The first-order valence-electron chi connectivity index (χ1n) is 12.5. The summed E-state index contributed by atoms with van der Waals surface area (Å²) < 4.78 is 10.2. The van der Waals surface area contributed by atoms with Crippen LogP contribution in [0.5, 0.6) is 0 Å². The van der Waals surface area contributed by atoms with Gasteiger partial charge in [-0.25, -0.2) is 9.59 Å². The summed E-state index contributed by atoms with van der Waals surface area (Å²) in [5, 5.41) is 8.17. The minimum atomic E-state index is -0.917. The van der Waals surface area contributed by atoms with Gasteiger partial charge >= 0.3 is 12.1 Å². The number of hydrogen-bond acceptors (Lipinski definition) is 6. The Hall–Kier alpha value is -3.10. The van der Waals surface area contributed by atoms with E-state index in [1.54, 1.807) is 20.8 Å². The number of alkyl carbamates (subject to hydrolysis) is 1. The standard InChI is InChI=1S/C27H43N3O6/c1-9-18(4)22(24(32)28-21(25(33)35-8)16-19-13-11-10-12-14-19)30-23(31)20(15-17(2)3)29-26(34)36-27(5,6)7/h10-14,17-18,20-22H,9,15-16H2,1-8H3,(H,28,32)(H,29,34)(H,30,31)/t18?,20-,21-,22-/m0/s1. The molecule has 3 amide bonds. The van der Waals surface area contributed by atoms with Crippen molar-refractivity contribution in [3.8, 4) is 0 Å². The molecule has 9 nitrogen and oxygen atoms in total. The van der Waals surface area contributed by atoms with Crippen LogP contribution in [0.4, 0.5) is 4.79 Å². The summed E-state index contributed by atoms with van der Waals surface area (Å²) in [6, 6.07) is 6.55. The molecule has 0 heterocycles. The fraction of sp³-hybridized carbons (Fsp3) is 0.630. The highest BCUT2D eigenvalue weighted by Gasteiger charge is 2.33. The maximum atomic E-state index is 13.3. The molecule has 0 aliphatic heterocycles. The molecule has 0 bridgehead atoms. The lowest BCUT2D eigenvalue weighted by molar-refractivity contribution is -0.145. The second kappa shape index (κ2) is 14.5. The van der Waals surface area contributed by atoms with Gasteiger partial charge in [0, 0.05) is 6.42 Å². The van der Waals surface area contributed by atoms with Crippen LogP contribution in [-0.2, 0) is 30.3 Å². The Morgan fingerprint density at radius 1 is 0.889 bits per heavy atom. The Morgan fingerprint density at radius 3 is 2.00 bits per heavy atom. The third-order valence-corrected chi connectivity index (χ3v) is 5.59. The van der Waals surface area contributed by atoms with E-state index in [-0.39, 0.29) is 18.3 Å². The van der Waals surface area contributed by atoms with Crippen molar-refractivity contribution in [1.29, 1.82) is 0 Å². The van der Waals surface area contributed by atoms with E-state index in [1.165, 1.54) is 7.11 Å². The first-order valence-corrected chi connectivity index (χ1v) is 12.5. The predicted octanol–water partition coefficient (Wildman–Crippen LogP) is 3.36. The van der Waals surface area contributed by atoms with Gasteiger partial charge in [-0.3, -0.25) is 9.59 Å². The van der Waals surface area contributed by atoms with Crippen molar-refractivity contribution >= 4 is 23.9 Å². The number of rotatable bonds is 12. The Kier molecular flexibility index (Phi) is 12.4. The molecule has 1 rings (SSSR count). The van der Waals surface area contributed by atoms with Gasteiger partial charge in [-0.05, 0) is 44.6 Å². The van der Waals surface area contributed by atoms with E-state index < -0.39 is 47.6 Å². The molecular formula is C27H43N3O6. The first kappa shape index (κ1) is 30.9. The Balaban J connectivity index is 3.06. The Morgan fingerprint density at radius 2 is 1.50 bits per heavy atom. The number of ether oxygens (including phenoxy) is 2. The highest BCUT2D eigenvalue weighted by Crippen LogP contribution is 2.13. The number of carbonyl (C=O) groups excluding carboxylic acids is 4. The zero-order chi connectivity index (χ0) is 27.5. The van der Waals surface area contributed by atoms with Crippen molar-refractivity contribution in [1.82, 2.24) is 16.0 Å². The molecule has 3 N–H and O–H groups in total. The Bertz CT molecular complexity index is 866. The highest BCUT2D eigenvalue weighted by molar-refractivity contribution is 5.93. The van der Waals surface area contributed by atoms with Crippen LogP contribution < -0.4 is 16.0 Å². The van der Waals surface area contributed by atoms with Crippen molar-refractivity contribution in [2.45, 2.75) is 91.5 Å². The molecule has 1 aromatic rings. The third kappa shape index (κ3) is 11.1. The van der Waals surface area contributed by atoms with E-state index in [2.05, 4.69) is 16.0 Å². The average molecular weight is 506 g/mol. The minimum Gasteiger partial charge on any atom is -0.467 e. The number of hydrogen-bond donors (Lipinski definition) is 3. The molecule has 0 aliphatic rings. The molecule has 9 heteroatoms. The van der Waals surface area contributed by atoms with Gasteiger partial charge in [-0.1, -0.05) is 64.4 Å². The third-order valence-electron chi connectivity index (χ3n) is 5.59. The molecule has 202 valence electrons. The van der Waals surface area contributed by atoms with Crippen molar-refractivity contribution in [2.75, 3.05) is 7.11 Å². The summed E-state index contributed by atoms with van der Waals surface area (Å²) in [6.07, 6.45) is 0.505. The van der Waals surface area contributed by atoms with E-state index in [9.17, 15) is 19.2 Å². The SMILES string of the molecule is CCC(C)[C@H](NC(=O)[C@H](CC(C)C)NC(=O)OC(C)(C)C)C(=O)N[C@@H](Cc1ccccc1)C(=O)OC. The van der Waals surface area contributed by atoms with Gasteiger partial charge in [-0.2, -0.15) is 0 Å². The van der Waals surface area contributed by atoms with Crippen molar-refractivity contribution in [3.05, 3.63) is 35.9 Å². The lowest BCUT2D eigenvalue weighted by Gasteiger charge is -2.29. The predicted molar refractivity (Wildman–Crippen MR) is 138 cm³/mol. The molecule has 4 atom stereocenters. The summed E-state index contributed by atoms with van der Waals surface area (Å²) >= 11 is 0. The van der Waals surface area contributed by atoms with Crippen LogP contribution in [0.1, 0.15) is 66.9 Å². The van der Waals surface area contributed by atoms with Gasteiger partial charge in [0.2, 0.25) is 11.8 Å². The zero-order valence-electron chi connectivity index (χ0n) is 22.8. The lowest BCUT2D eigenvalue weighted by atomic mass is 9.96. The van der Waals surface area contributed by atoms with E-state index >= 15 is 0 Å².